The van der Waals surface area contributed by atoms with Crippen molar-refractivity contribution in [3.8, 4) is 0 Å². The summed E-state index contributed by atoms with van der Waals surface area (Å²) in [6.45, 7) is 8.32. The summed E-state index contributed by atoms with van der Waals surface area (Å²) >= 11 is 1.66. The summed E-state index contributed by atoms with van der Waals surface area (Å²) in [6, 6.07) is 9.78. The summed E-state index contributed by atoms with van der Waals surface area (Å²) in [5.41, 5.74) is 0.920. The Labute approximate surface area is 146 Å². The lowest BCUT2D eigenvalue weighted by Gasteiger charge is -2.35. The first kappa shape index (κ1) is 16.7. The molecule has 6 heteroatoms. The number of para-hydroxylation sites is 1. The van der Waals surface area contributed by atoms with Crippen molar-refractivity contribution in [2.24, 2.45) is 0 Å². The molecule has 1 amide bonds. The third-order valence-corrected chi connectivity index (χ3v) is 4.93. The van der Waals surface area contributed by atoms with E-state index in [0.29, 0.717) is 13.1 Å². The molecule has 24 heavy (non-hydrogen) atoms. The first-order valence-electron chi connectivity index (χ1n) is 8.11. The molecule has 2 aromatic rings. The molecule has 5 nitrogen and oxygen atoms in total. The number of aromatic nitrogens is 1. The standard InChI is InChI=1S/C18H22N4OS/c1-2-9-22(16-6-4-3-5-7-16)17(23)15-20-10-12-21(13-11-20)18-19-8-14-24-18/h2-8,14H,1,9-13,15H2. The van der Waals surface area contributed by atoms with Crippen molar-refractivity contribution < 1.29 is 4.79 Å². The fraction of sp³-hybridized carbons (Fsp3) is 0.333. The molecular formula is C18H22N4OS. The molecule has 0 spiro atoms. The molecule has 1 fully saturated rings. The Morgan fingerprint density at radius 3 is 2.62 bits per heavy atom. The summed E-state index contributed by atoms with van der Waals surface area (Å²) < 4.78 is 0. The maximum Gasteiger partial charge on any atom is 0.241 e. The summed E-state index contributed by atoms with van der Waals surface area (Å²) in [5, 5.41) is 3.07. The van der Waals surface area contributed by atoms with Crippen molar-refractivity contribution in [2.75, 3.05) is 49.1 Å². The van der Waals surface area contributed by atoms with Gasteiger partial charge in [-0.25, -0.2) is 4.98 Å². The van der Waals surface area contributed by atoms with E-state index in [-0.39, 0.29) is 5.91 Å². The van der Waals surface area contributed by atoms with E-state index in [1.165, 1.54) is 0 Å². The lowest BCUT2D eigenvalue weighted by atomic mass is 10.2. The van der Waals surface area contributed by atoms with Crippen LogP contribution < -0.4 is 9.80 Å². The number of carbonyl (C=O) groups excluding carboxylic acids is 1. The van der Waals surface area contributed by atoms with Crippen LogP contribution in [0.15, 0.2) is 54.6 Å². The van der Waals surface area contributed by atoms with Gasteiger partial charge in [-0.1, -0.05) is 24.3 Å². The summed E-state index contributed by atoms with van der Waals surface area (Å²) in [5.74, 6) is 0.115. The number of nitrogens with zero attached hydrogens (tertiary/aromatic N) is 4. The Balaban J connectivity index is 1.57. The average molecular weight is 342 g/mol. The molecule has 0 unspecified atom stereocenters. The smallest absolute Gasteiger partial charge is 0.241 e. The number of hydrogen-bond donors (Lipinski definition) is 0. The minimum absolute atomic E-state index is 0.115. The van der Waals surface area contributed by atoms with Gasteiger partial charge >= 0.3 is 0 Å². The number of benzene rings is 1. The highest BCUT2D eigenvalue weighted by Gasteiger charge is 2.23. The second-order valence-electron chi connectivity index (χ2n) is 5.71. The molecule has 0 saturated carbocycles. The van der Waals surface area contributed by atoms with Crippen LogP contribution in [-0.4, -0.2) is 55.1 Å². The van der Waals surface area contributed by atoms with Gasteiger partial charge in [0.25, 0.3) is 0 Å². The van der Waals surface area contributed by atoms with Crippen molar-refractivity contribution in [3.63, 3.8) is 0 Å². The van der Waals surface area contributed by atoms with E-state index >= 15 is 0 Å². The van der Waals surface area contributed by atoms with Gasteiger partial charge in [-0.15, -0.1) is 17.9 Å². The summed E-state index contributed by atoms with van der Waals surface area (Å²) in [6.07, 6.45) is 3.61. The van der Waals surface area contributed by atoms with Crippen LogP contribution in [0.5, 0.6) is 0 Å². The first-order chi connectivity index (χ1) is 11.8. The van der Waals surface area contributed by atoms with E-state index in [2.05, 4.69) is 21.4 Å². The molecule has 0 bridgehead atoms. The quantitative estimate of drug-likeness (QED) is 0.756. The number of rotatable bonds is 6. The first-order valence-corrected chi connectivity index (χ1v) is 8.99. The molecule has 1 saturated heterocycles. The van der Waals surface area contributed by atoms with Crippen LogP contribution in [0.25, 0.3) is 0 Å². The highest BCUT2D eigenvalue weighted by Crippen LogP contribution is 2.19. The van der Waals surface area contributed by atoms with Crippen molar-refractivity contribution in [1.29, 1.82) is 0 Å². The van der Waals surface area contributed by atoms with Crippen molar-refractivity contribution in [3.05, 3.63) is 54.6 Å². The van der Waals surface area contributed by atoms with Gasteiger partial charge in [-0.3, -0.25) is 9.69 Å². The predicted molar refractivity (Wildman–Crippen MR) is 99.8 cm³/mol. The lowest BCUT2D eigenvalue weighted by Crippen LogP contribution is -2.50. The van der Waals surface area contributed by atoms with Gasteiger partial charge in [0, 0.05) is 50.0 Å². The molecular weight excluding hydrogens is 320 g/mol. The van der Waals surface area contributed by atoms with E-state index < -0.39 is 0 Å². The Kier molecular flexibility index (Phi) is 5.61. The number of thiazole rings is 1. The van der Waals surface area contributed by atoms with Gasteiger partial charge in [-0.05, 0) is 12.1 Å². The Morgan fingerprint density at radius 2 is 2.00 bits per heavy atom. The van der Waals surface area contributed by atoms with Gasteiger partial charge < -0.3 is 9.80 Å². The maximum atomic E-state index is 12.7. The van der Waals surface area contributed by atoms with Crippen LogP contribution in [0, 0.1) is 0 Å². The van der Waals surface area contributed by atoms with E-state index in [4.69, 9.17) is 0 Å². The van der Waals surface area contributed by atoms with Crippen LogP contribution in [0.2, 0.25) is 0 Å². The number of carbonyl (C=O) groups is 1. The Bertz CT molecular complexity index is 651. The summed E-state index contributed by atoms with van der Waals surface area (Å²) in [4.78, 5) is 23.4. The second kappa shape index (κ2) is 8.08. The van der Waals surface area contributed by atoms with Crippen LogP contribution in [0.1, 0.15) is 0 Å². The molecule has 0 atom stereocenters. The molecule has 126 valence electrons. The average Bonchev–Trinajstić information content (AvgIpc) is 3.15. The van der Waals surface area contributed by atoms with Gasteiger partial charge in [0.05, 0.1) is 6.54 Å². The normalized spacial score (nSPS) is 15.2. The number of amides is 1. The zero-order valence-corrected chi connectivity index (χ0v) is 14.5. The van der Waals surface area contributed by atoms with Gasteiger partial charge in [0.15, 0.2) is 5.13 Å². The highest BCUT2D eigenvalue weighted by atomic mass is 32.1. The van der Waals surface area contributed by atoms with E-state index in [1.54, 1.807) is 22.3 Å². The minimum atomic E-state index is 0.115. The molecule has 0 radical (unpaired) electrons. The monoisotopic (exact) mass is 342 g/mol. The third kappa shape index (κ3) is 4.01. The molecule has 0 aliphatic carbocycles. The SMILES string of the molecule is C=CCN(C(=O)CN1CCN(c2nccs2)CC1)c1ccccc1. The van der Waals surface area contributed by atoms with E-state index in [0.717, 1.165) is 37.0 Å². The second-order valence-corrected chi connectivity index (χ2v) is 6.58. The lowest BCUT2D eigenvalue weighted by molar-refractivity contribution is -0.119. The Morgan fingerprint density at radius 1 is 1.25 bits per heavy atom. The number of anilines is 2. The topological polar surface area (TPSA) is 39.7 Å². The van der Waals surface area contributed by atoms with Crippen LogP contribution in [0.4, 0.5) is 10.8 Å². The fourth-order valence-corrected chi connectivity index (χ4v) is 3.53. The largest absolute Gasteiger partial charge is 0.346 e. The van der Waals surface area contributed by atoms with E-state index in [9.17, 15) is 4.79 Å². The van der Waals surface area contributed by atoms with Crippen molar-refractivity contribution in [2.45, 2.75) is 0 Å². The zero-order chi connectivity index (χ0) is 16.8. The van der Waals surface area contributed by atoms with Gasteiger partial charge in [0.1, 0.15) is 0 Å². The fourth-order valence-electron chi connectivity index (χ4n) is 2.83. The van der Waals surface area contributed by atoms with Crippen LogP contribution >= 0.6 is 11.3 Å². The van der Waals surface area contributed by atoms with Gasteiger partial charge in [0.2, 0.25) is 5.91 Å². The maximum absolute atomic E-state index is 12.7. The molecule has 1 aromatic carbocycles. The van der Waals surface area contributed by atoms with Crippen molar-refractivity contribution in [1.82, 2.24) is 9.88 Å². The molecule has 1 aliphatic heterocycles. The highest BCUT2D eigenvalue weighted by molar-refractivity contribution is 7.13. The molecule has 1 aromatic heterocycles. The molecule has 3 rings (SSSR count). The molecule has 2 heterocycles. The van der Waals surface area contributed by atoms with E-state index in [1.807, 2.05) is 41.9 Å². The predicted octanol–water partition coefficient (Wildman–Crippen LogP) is 2.48. The summed E-state index contributed by atoms with van der Waals surface area (Å²) in [7, 11) is 0. The van der Waals surface area contributed by atoms with Crippen molar-refractivity contribution >= 4 is 28.1 Å². The van der Waals surface area contributed by atoms with Gasteiger partial charge in [-0.2, -0.15) is 0 Å². The number of piperazine rings is 1. The molecule has 1 aliphatic rings. The van der Waals surface area contributed by atoms with Crippen LogP contribution in [0.3, 0.4) is 0 Å². The minimum Gasteiger partial charge on any atom is -0.346 e. The van der Waals surface area contributed by atoms with Crippen LogP contribution in [-0.2, 0) is 4.79 Å². The number of hydrogen-bond acceptors (Lipinski definition) is 5. The Hall–Kier alpha value is -2.18. The third-order valence-electron chi connectivity index (χ3n) is 4.10. The molecule has 0 N–H and O–H groups in total. The zero-order valence-electron chi connectivity index (χ0n) is 13.7.